The molecule has 0 aromatic heterocycles. The number of ketones is 2. The number of amides is 1. The number of Topliss-reactive ketones (excluding diaryl/α,β-unsaturated/α-hetero) is 2. The summed E-state index contributed by atoms with van der Waals surface area (Å²) in [4.78, 5) is 41.9. The molecule has 1 spiro atoms. The molecule has 12 heteroatoms. The number of nitrogens with two attached hydrogens (primary N) is 2. The van der Waals surface area contributed by atoms with Gasteiger partial charge in [0.05, 0.1) is 11.6 Å². The molecule has 2 unspecified atom stereocenters. The molecule has 1 aromatic rings. The Bertz CT molecular complexity index is 1460. The van der Waals surface area contributed by atoms with Crippen LogP contribution in [0.15, 0.2) is 23.0 Å². The van der Waals surface area contributed by atoms with Gasteiger partial charge >= 0.3 is 0 Å². The molecule has 8 N–H and O–H groups in total. The van der Waals surface area contributed by atoms with Gasteiger partial charge in [-0.05, 0) is 70.3 Å². The highest BCUT2D eigenvalue weighted by Gasteiger charge is 2.86. The molecule has 5 rings (SSSR count). The third kappa shape index (κ3) is 3.92. The minimum absolute atomic E-state index is 0.0243. The van der Waals surface area contributed by atoms with Crippen LogP contribution >= 0.6 is 0 Å². The summed E-state index contributed by atoms with van der Waals surface area (Å²) in [5.41, 5.74) is 10.2. The molecule has 2 fully saturated rings. The van der Waals surface area contributed by atoms with Gasteiger partial charge in [0.2, 0.25) is 11.6 Å². The molecule has 0 bridgehead atoms. The van der Waals surface area contributed by atoms with Gasteiger partial charge in [0.25, 0.3) is 5.91 Å². The number of carbonyl (C=O) groups excluding carboxylic acids is 3. The first-order chi connectivity index (χ1) is 18.9. The number of aliphatic hydroxyl groups excluding tert-OH is 2. The monoisotopic (exact) mass is 570 g/mol. The maximum atomic E-state index is 14.3. The summed E-state index contributed by atoms with van der Waals surface area (Å²) in [6.45, 7) is 3.14. The van der Waals surface area contributed by atoms with Crippen molar-refractivity contribution in [3.05, 3.63) is 39.7 Å². The van der Waals surface area contributed by atoms with Crippen molar-refractivity contribution in [1.82, 2.24) is 4.90 Å². The summed E-state index contributed by atoms with van der Waals surface area (Å²) in [6, 6.07) is 0.922. The number of fused-ring (bicyclic) bond motifs is 2. The maximum Gasteiger partial charge on any atom is 0.253 e. The predicted octanol–water partition coefficient (Wildman–Crippen LogP) is 0.426. The summed E-state index contributed by atoms with van der Waals surface area (Å²) in [6.07, 6.45) is 0.690. The quantitative estimate of drug-likeness (QED) is 0.248. The van der Waals surface area contributed by atoms with Crippen LogP contribution in [0.4, 0.5) is 5.69 Å². The number of rotatable bonds is 7. The number of phenolic OH excluding ortho intramolecular Hbond substituents is 1. The molecule has 41 heavy (non-hydrogen) atoms. The molecule has 0 radical (unpaired) electrons. The Morgan fingerprint density at radius 3 is 2.37 bits per heavy atom. The van der Waals surface area contributed by atoms with E-state index in [1.165, 1.54) is 6.92 Å². The van der Waals surface area contributed by atoms with E-state index in [-0.39, 0.29) is 48.4 Å². The van der Waals surface area contributed by atoms with Crippen LogP contribution in [0.1, 0.15) is 43.4 Å². The Labute approximate surface area is 237 Å². The number of nitrogens with zero attached hydrogens (tertiary/aromatic N) is 2. The lowest BCUT2D eigenvalue weighted by Gasteiger charge is -2.46. The summed E-state index contributed by atoms with van der Waals surface area (Å²) in [5.74, 6) is -6.84. The van der Waals surface area contributed by atoms with E-state index in [1.807, 2.05) is 19.0 Å². The Kier molecular flexibility index (Phi) is 6.39. The molecule has 1 aliphatic heterocycles. The molecule has 4 aliphatic rings. The fourth-order valence-electron chi connectivity index (χ4n) is 7.56. The zero-order chi connectivity index (χ0) is 30.6. The average Bonchev–Trinajstić information content (AvgIpc) is 3.44. The van der Waals surface area contributed by atoms with Crippen LogP contribution in [0, 0.1) is 11.8 Å². The van der Waals surface area contributed by atoms with Gasteiger partial charge in [-0.15, -0.1) is 0 Å². The molecule has 1 aromatic carbocycles. The zero-order valence-corrected chi connectivity index (χ0v) is 24.1. The first kappa shape index (κ1) is 29.1. The van der Waals surface area contributed by atoms with Crippen molar-refractivity contribution in [3.8, 4) is 5.75 Å². The Morgan fingerprint density at radius 2 is 1.83 bits per heavy atom. The van der Waals surface area contributed by atoms with Crippen molar-refractivity contribution in [2.75, 3.05) is 33.1 Å². The normalized spacial score (nSPS) is 31.6. The number of anilines is 1. The van der Waals surface area contributed by atoms with Crippen LogP contribution in [0.3, 0.4) is 0 Å². The fraction of sp³-hybridized carbons (Fsp3) is 0.552. The Hall–Kier alpha value is -3.45. The molecule has 1 heterocycles. The number of hydrogen-bond donors (Lipinski definition) is 6. The van der Waals surface area contributed by atoms with Crippen molar-refractivity contribution < 1.29 is 39.5 Å². The van der Waals surface area contributed by atoms with E-state index in [9.17, 15) is 34.8 Å². The first-order valence-corrected chi connectivity index (χ1v) is 13.5. The average molecular weight is 571 g/mol. The van der Waals surface area contributed by atoms with E-state index in [0.717, 1.165) is 0 Å². The lowest BCUT2D eigenvalue weighted by Crippen LogP contribution is -2.60. The molecular formula is C29H38N4O8. The van der Waals surface area contributed by atoms with Gasteiger partial charge in [-0.2, -0.15) is 0 Å². The third-order valence-corrected chi connectivity index (χ3v) is 9.01. The van der Waals surface area contributed by atoms with Crippen molar-refractivity contribution in [2.24, 2.45) is 23.3 Å². The van der Waals surface area contributed by atoms with E-state index in [4.69, 9.17) is 16.2 Å². The van der Waals surface area contributed by atoms with Gasteiger partial charge in [0.15, 0.2) is 5.60 Å². The second-order valence-electron chi connectivity index (χ2n) is 12.7. The van der Waals surface area contributed by atoms with Crippen molar-refractivity contribution >= 4 is 28.9 Å². The number of aromatic hydroxyl groups is 1. The van der Waals surface area contributed by atoms with Gasteiger partial charge in [0, 0.05) is 43.2 Å². The summed E-state index contributed by atoms with van der Waals surface area (Å²) >= 11 is 0. The number of benzene rings is 1. The van der Waals surface area contributed by atoms with Crippen LogP contribution in [-0.2, 0) is 32.0 Å². The Morgan fingerprint density at radius 1 is 1.20 bits per heavy atom. The SMILES string of the molecule is CC(=O)CC(C)(N)Cc1cc(N(C)C)c2c(c1O)C(O)=C1C(=O)[C@]34OC3(O)C(C(N)=O)=C(O)[C@@H](N(C)C)[C@@H]4C[C@@H]1C2. The fourth-order valence-corrected chi connectivity index (χ4v) is 7.56. The van der Waals surface area contributed by atoms with E-state index < -0.39 is 63.6 Å². The number of phenols is 1. The second-order valence-corrected chi connectivity index (χ2v) is 12.7. The number of aliphatic hydroxyl groups is 3. The number of carbonyl (C=O) groups is 3. The molecule has 1 saturated carbocycles. The topological polar surface area (TPSA) is 203 Å². The molecule has 12 nitrogen and oxygen atoms in total. The van der Waals surface area contributed by atoms with Gasteiger partial charge in [0.1, 0.15) is 28.6 Å². The molecule has 1 amide bonds. The smallest absolute Gasteiger partial charge is 0.253 e. The van der Waals surface area contributed by atoms with Crippen LogP contribution in [0.5, 0.6) is 5.75 Å². The third-order valence-electron chi connectivity index (χ3n) is 9.01. The van der Waals surface area contributed by atoms with Gasteiger partial charge in [-0.25, -0.2) is 0 Å². The molecule has 1 saturated heterocycles. The van der Waals surface area contributed by atoms with Crippen LogP contribution in [0.2, 0.25) is 0 Å². The largest absolute Gasteiger partial charge is 0.510 e. The number of primary amides is 1. The predicted molar refractivity (Wildman–Crippen MR) is 149 cm³/mol. The number of hydrogen-bond acceptors (Lipinski definition) is 11. The van der Waals surface area contributed by atoms with Gasteiger partial charge < -0.3 is 41.5 Å². The number of likely N-dealkylation sites (N-methyl/N-ethyl adjacent to an activating group) is 1. The highest BCUT2D eigenvalue weighted by atomic mass is 16.8. The van der Waals surface area contributed by atoms with Crippen molar-refractivity contribution in [1.29, 1.82) is 0 Å². The lowest BCUT2D eigenvalue weighted by molar-refractivity contribution is -0.127. The van der Waals surface area contributed by atoms with Crippen LogP contribution in [-0.4, -0.2) is 94.0 Å². The lowest BCUT2D eigenvalue weighted by atomic mass is 9.58. The number of epoxide rings is 1. The van der Waals surface area contributed by atoms with Gasteiger partial charge in [-0.3, -0.25) is 19.3 Å². The highest BCUT2D eigenvalue weighted by Crippen LogP contribution is 2.67. The highest BCUT2D eigenvalue weighted by molar-refractivity contribution is 6.14. The van der Waals surface area contributed by atoms with Crippen LogP contribution < -0.4 is 16.4 Å². The van der Waals surface area contributed by atoms with E-state index >= 15 is 0 Å². The molecular weight excluding hydrogens is 532 g/mol. The summed E-state index contributed by atoms with van der Waals surface area (Å²) < 4.78 is 5.69. The Balaban J connectivity index is 1.69. The van der Waals surface area contributed by atoms with E-state index in [1.54, 1.807) is 32.0 Å². The van der Waals surface area contributed by atoms with E-state index in [0.29, 0.717) is 16.8 Å². The number of ether oxygens (including phenoxy) is 1. The van der Waals surface area contributed by atoms with Crippen LogP contribution in [0.25, 0.3) is 5.76 Å². The zero-order valence-electron chi connectivity index (χ0n) is 24.1. The maximum absolute atomic E-state index is 14.3. The van der Waals surface area contributed by atoms with Gasteiger partial charge in [-0.1, -0.05) is 0 Å². The second kappa shape index (κ2) is 9.02. The minimum atomic E-state index is -2.44. The standard InChI is InChI=1S/C29H38N4O8/c1-12(34)10-27(2,31)11-14-9-17(32(3)4)15-7-13-8-16-21(33(5)6)24(37)20(26(30)39)29(40)28(16,41-29)25(38)18(13)23(36)19(15)22(14)35/h9,13,16,21,35-37,40H,7-8,10-11,31H2,1-6H3,(H2,30,39)/t13-,16-,21-,27?,28-,29?/m0/s1. The summed E-state index contributed by atoms with van der Waals surface area (Å²) in [7, 11) is 6.98. The minimum Gasteiger partial charge on any atom is -0.510 e. The molecule has 6 atom stereocenters. The summed E-state index contributed by atoms with van der Waals surface area (Å²) in [5, 5.41) is 45.6. The molecule has 3 aliphatic carbocycles. The first-order valence-electron chi connectivity index (χ1n) is 13.5. The van der Waals surface area contributed by atoms with Crippen molar-refractivity contribution in [3.63, 3.8) is 0 Å². The van der Waals surface area contributed by atoms with Crippen molar-refractivity contribution in [2.45, 2.75) is 62.5 Å². The molecule has 222 valence electrons. The van der Waals surface area contributed by atoms with E-state index in [2.05, 4.69) is 0 Å².